The van der Waals surface area contributed by atoms with Crippen LogP contribution in [0.1, 0.15) is 48.9 Å². The Morgan fingerprint density at radius 1 is 1.17 bits per heavy atom. The van der Waals surface area contributed by atoms with Gasteiger partial charge in [-0.25, -0.2) is 4.98 Å². The van der Waals surface area contributed by atoms with E-state index < -0.39 is 0 Å². The summed E-state index contributed by atoms with van der Waals surface area (Å²) in [4.78, 5) is 22.1. The summed E-state index contributed by atoms with van der Waals surface area (Å²) in [7, 11) is 1.78. The van der Waals surface area contributed by atoms with Gasteiger partial charge < -0.3 is 14.5 Å². The van der Waals surface area contributed by atoms with Gasteiger partial charge in [-0.1, -0.05) is 0 Å². The molecular formula is C22H31N5O2. The summed E-state index contributed by atoms with van der Waals surface area (Å²) >= 11 is 0. The molecule has 2 aliphatic rings. The number of aromatic nitrogens is 3. The smallest absolute Gasteiger partial charge is 0.255 e. The van der Waals surface area contributed by atoms with Crippen molar-refractivity contribution in [2.45, 2.75) is 57.2 Å². The monoisotopic (exact) mass is 397 g/mol. The standard InChI is InChI=1S/C22H31N5O2/c1-29-20-9-14-25(15-10-20)21-7-6-18(17-23-21)22(28)27-13-3-2-5-19(27)8-16-26-12-4-11-24-26/h4,6-7,11-12,17,19-20H,2-3,5,8-10,13-16H2,1H3. The normalized spacial score (nSPS) is 20.8. The van der Waals surface area contributed by atoms with E-state index >= 15 is 0 Å². The van der Waals surface area contributed by atoms with Crippen molar-refractivity contribution in [1.29, 1.82) is 0 Å². The van der Waals surface area contributed by atoms with Crippen molar-refractivity contribution in [3.8, 4) is 0 Å². The van der Waals surface area contributed by atoms with E-state index in [4.69, 9.17) is 4.74 Å². The molecule has 7 nitrogen and oxygen atoms in total. The molecule has 4 rings (SSSR count). The number of pyridine rings is 1. The second-order valence-electron chi connectivity index (χ2n) is 8.03. The number of hydrogen-bond donors (Lipinski definition) is 0. The van der Waals surface area contributed by atoms with Crippen molar-refractivity contribution in [3.05, 3.63) is 42.4 Å². The molecule has 0 saturated carbocycles. The highest BCUT2D eigenvalue weighted by Crippen LogP contribution is 2.24. The maximum absolute atomic E-state index is 13.2. The van der Waals surface area contributed by atoms with Crippen LogP contribution < -0.4 is 4.90 Å². The largest absolute Gasteiger partial charge is 0.381 e. The molecule has 1 unspecified atom stereocenters. The zero-order valence-corrected chi connectivity index (χ0v) is 17.2. The van der Waals surface area contributed by atoms with Gasteiger partial charge in [0.1, 0.15) is 5.82 Å². The fraction of sp³-hybridized carbons (Fsp3) is 0.591. The van der Waals surface area contributed by atoms with E-state index in [-0.39, 0.29) is 11.9 Å². The van der Waals surface area contributed by atoms with Crippen LogP contribution in [-0.4, -0.2) is 64.5 Å². The Hall–Kier alpha value is -2.41. The number of piperidine rings is 2. The van der Waals surface area contributed by atoms with Gasteiger partial charge >= 0.3 is 0 Å². The number of amides is 1. The Morgan fingerprint density at radius 2 is 2.03 bits per heavy atom. The summed E-state index contributed by atoms with van der Waals surface area (Å²) in [5.74, 6) is 1.05. The average Bonchev–Trinajstić information content (AvgIpc) is 3.31. The lowest BCUT2D eigenvalue weighted by Crippen LogP contribution is -2.44. The van der Waals surface area contributed by atoms with Crippen LogP contribution in [0, 0.1) is 0 Å². The molecule has 0 N–H and O–H groups in total. The molecule has 0 bridgehead atoms. The van der Waals surface area contributed by atoms with Crippen LogP contribution in [0.25, 0.3) is 0 Å². The van der Waals surface area contributed by atoms with Gasteiger partial charge in [0.25, 0.3) is 5.91 Å². The number of nitrogens with zero attached hydrogens (tertiary/aromatic N) is 5. The van der Waals surface area contributed by atoms with E-state index in [2.05, 4.69) is 15.0 Å². The van der Waals surface area contributed by atoms with Crippen LogP contribution in [0.4, 0.5) is 5.82 Å². The molecule has 0 aromatic carbocycles. The van der Waals surface area contributed by atoms with Crippen molar-refractivity contribution < 1.29 is 9.53 Å². The van der Waals surface area contributed by atoms with Gasteiger partial charge in [-0.05, 0) is 56.7 Å². The van der Waals surface area contributed by atoms with E-state index in [1.54, 1.807) is 19.5 Å². The fourth-order valence-electron chi connectivity index (χ4n) is 4.47. The van der Waals surface area contributed by atoms with E-state index in [1.165, 1.54) is 6.42 Å². The molecular weight excluding hydrogens is 366 g/mol. The highest BCUT2D eigenvalue weighted by Gasteiger charge is 2.28. The van der Waals surface area contributed by atoms with E-state index in [1.807, 2.05) is 34.0 Å². The Bertz CT molecular complexity index is 769. The third-order valence-corrected chi connectivity index (χ3v) is 6.23. The van der Waals surface area contributed by atoms with Gasteiger partial charge in [0.15, 0.2) is 0 Å². The predicted octanol–water partition coefficient (Wildman–Crippen LogP) is 2.98. The Kier molecular flexibility index (Phi) is 6.44. The van der Waals surface area contributed by atoms with Gasteiger partial charge in [-0.2, -0.15) is 5.10 Å². The molecule has 0 aliphatic carbocycles. The second-order valence-corrected chi connectivity index (χ2v) is 8.03. The number of hydrogen-bond acceptors (Lipinski definition) is 5. The van der Waals surface area contributed by atoms with Gasteiger partial charge in [-0.3, -0.25) is 9.48 Å². The van der Waals surface area contributed by atoms with Crippen LogP contribution in [0.2, 0.25) is 0 Å². The fourth-order valence-corrected chi connectivity index (χ4v) is 4.47. The maximum Gasteiger partial charge on any atom is 0.255 e. The minimum Gasteiger partial charge on any atom is -0.381 e. The molecule has 29 heavy (non-hydrogen) atoms. The predicted molar refractivity (Wildman–Crippen MR) is 112 cm³/mol. The summed E-state index contributed by atoms with van der Waals surface area (Å²) in [6.07, 6.45) is 12.2. The number of aryl methyl sites for hydroxylation is 1. The summed E-state index contributed by atoms with van der Waals surface area (Å²) in [6.45, 7) is 3.56. The number of carbonyl (C=O) groups is 1. The van der Waals surface area contributed by atoms with Crippen molar-refractivity contribution in [3.63, 3.8) is 0 Å². The van der Waals surface area contributed by atoms with Crippen molar-refractivity contribution >= 4 is 11.7 Å². The SMILES string of the molecule is COC1CCN(c2ccc(C(=O)N3CCCCC3CCn3cccn3)cn2)CC1. The van der Waals surface area contributed by atoms with Crippen LogP contribution in [0.3, 0.4) is 0 Å². The molecule has 1 amide bonds. The molecule has 4 heterocycles. The molecule has 2 aliphatic heterocycles. The number of carbonyl (C=O) groups excluding carboxylic acids is 1. The number of ether oxygens (including phenoxy) is 1. The minimum absolute atomic E-state index is 0.104. The second kappa shape index (κ2) is 9.39. The third kappa shape index (κ3) is 4.78. The number of methoxy groups -OCH3 is 1. The van der Waals surface area contributed by atoms with E-state index in [0.29, 0.717) is 11.7 Å². The molecule has 0 spiro atoms. The zero-order chi connectivity index (χ0) is 20.1. The molecule has 7 heteroatoms. The first kappa shape index (κ1) is 19.9. The summed E-state index contributed by atoms with van der Waals surface area (Å²) < 4.78 is 7.39. The average molecular weight is 398 g/mol. The van der Waals surface area contributed by atoms with Crippen molar-refractivity contribution in [2.24, 2.45) is 0 Å². The Morgan fingerprint density at radius 3 is 2.72 bits per heavy atom. The lowest BCUT2D eigenvalue weighted by atomic mass is 9.98. The van der Waals surface area contributed by atoms with Gasteiger partial charge in [0.05, 0.1) is 11.7 Å². The summed E-state index contributed by atoms with van der Waals surface area (Å²) in [6, 6.07) is 6.14. The molecule has 2 aromatic heterocycles. The highest BCUT2D eigenvalue weighted by atomic mass is 16.5. The first-order chi connectivity index (χ1) is 14.2. The number of likely N-dealkylation sites (tertiary alicyclic amines) is 1. The topological polar surface area (TPSA) is 63.5 Å². The van der Waals surface area contributed by atoms with Crippen LogP contribution in [0.15, 0.2) is 36.8 Å². The van der Waals surface area contributed by atoms with E-state index in [9.17, 15) is 4.79 Å². The van der Waals surface area contributed by atoms with Gasteiger partial charge in [0.2, 0.25) is 0 Å². The Balaban J connectivity index is 1.38. The molecule has 2 fully saturated rings. The maximum atomic E-state index is 13.2. The molecule has 1 atom stereocenters. The quantitative estimate of drug-likeness (QED) is 0.750. The number of anilines is 1. The van der Waals surface area contributed by atoms with Crippen LogP contribution in [0.5, 0.6) is 0 Å². The Labute approximate surface area is 172 Å². The lowest BCUT2D eigenvalue weighted by Gasteiger charge is -2.36. The van der Waals surface area contributed by atoms with E-state index in [0.717, 1.165) is 64.1 Å². The van der Waals surface area contributed by atoms with Gasteiger partial charge in [0, 0.05) is 57.9 Å². The summed E-state index contributed by atoms with van der Waals surface area (Å²) in [5, 5.41) is 4.28. The minimum atomic E-state index is 0.104. The molecule has 156 valence electrons. The van der Waals surface area contributed by atoms with Crippen LogP contribution >= 0.6 is 0 Å². The zero-order valence-electron chi connectivity index (χ0n) is 17.2. The van der Waals surface area contributed by atoms with Gasteiger partial charge in [-0.15, -0.1) is 0 Å². The van der Waals surface area contributed by atoms with Crippen LogP contribution in [-0.2, 0) is 11.3 Å². The third-order valence-electron chi connectivity index (χ3n) is 6.23. The number of rotatable bonds is 6. The molecule has 2 saturated heterocycles. The highest BCUT2D eigenvalue weighted by molar-refractivity contribution is 5.94. The van der Waals surface area contributed by atoms with Crippen molar-refractivity contribution in [2.75, 3.05) is 31.6 Å². The first-order valence-electron chi connectivity index (χ1n) is 10.8. The lowest BCUT2D eigenvalue weighted by molar-refractivity contribution is 0.0593. The van der Waals surface area contributed by atoms with Crippen molar-refractivity contribution in [1.82, 2.24) is 19.7 Å². The molecule has 0 radical (unpaired) electrons. The first-order valence-corrected chi connectivity index (χ1v) is 10.8. The summed E-state index contributed by atoms with van der Waals surface area (Å²) in [5.41, 5.74) is 0.687. The molecule has 2 aromatic rings.